The average molecular weight is 473 g/mol. The molecule has 9 heteroatoms. The van der Waals surface area contributed by atoms with Crippen LogP contribution in [0.1, 0.15) is 28.2 Å². The summed E-state index contributed by atoms with van der Waals surface area (Å²) in [5.74, 6) is 1.75. The Hall–Kier alpha value is -2.84. The number of carbonyl (C=O) groups is 1. The third-order valence-electron chi connectivity index (χ3n) is 5.43. The maximum atomic E-state index is 13.3. The van der Waals surface area contributed by atoms with Crippen LogP contribution >= 0.6 is 23.1 Å². The zero-order chi connectivity index (χ0) is 22.5. The van der Waals surface area contributed by atoms with E-state index in [1.807, 2.05) is 35.2 Å². The molecular formula is C23H25ClN4O3S. The number of benzene rings is 2. The number of methoxy groups -OCH3 is 2. The lowest BCUT2D eigenvalue weighted by Crippen LogP contribution is -2.35. The summed E-state index contributed by atoms with van der Waals surface area (Å²) >= 11 is 7.37. The van der Waals surface area contributed by atoms with Crippen molar-refractivity contribution < 1.29 is 14.3 Å². The van der Waals surface area contributed by atoms with Gasteiger partial charge in [-0.25, -0.2) is 4.98 Å². The van der Waals surface area contributed by atoms with Crippen LogP contribution in [0.3, 0.4) is 0 Å². The first kappa shape index (κ1) is 22.4. The molecule has 1 aliphatic heterocycles. The maximum Gasteiger partial charge on any atom is 0.261 e. The van der Waals surface area contributed by atoms with Crippen molar-refractivity contribution in [3.05, 3.63) is 64.4 Å². The lowest BCUT2D eigenvalue weighted by atomic mass is 10.1. The van der Waals surface area contributed by atoms with Gasteiger partial charge in [-0.05, 0) is 36.2 Å². The molecule has 0 spiro atoms. The molecule has 0 unspecified atom stereocenters. The Kier molecular flexibility index (Phi) is 7.12. The number of carbonyl (C=O) groups excluding carboxylic acids is 1. The Morgan fingerprint density at radius 3 is 2.44 bits per heavy atom. The third-order valence-corrected chi connectivity index (χ3v) is 6.49. The molecule has 4 rings (SSSR count). The number of ether oxygens (including phenoxy) is 2. The van der Waals surface area contributed by atoms with Gasteiger partial charge in [0.05, 0.1) is 14.2 Å². The van der Waals surface area contributed by atoms with Gasteiger partial charge < -0.3 is 19.3 Å². The largest absolute Gasteiger partial charge is 0.496 e. The molecule has 1 saturated heterocycles. The zero-order valence-corrected chi connectivity index (χ0v) is 19.7. The summed E-state index contributed by atoms with van der Waals surface area (Å²) in [7, 11) is 3.12. The minimum atomic E-state index is -0.0816. The highest BCUT2D eigenvalue weighted by Crippen LogP contribution is 2.30. The summed E-state index contributed by atoms with van der Waals surface area (Å²) in [5, 5.41) is 1.60. The lowest BCUT2D eigenvalue weighted by molar-refractivity contribution is 0.0760. The van der Waals surface area contributed by atoms with Crippen molar-refractivity contribution in [2.45, 2.75) is 12.8 Å². The number of hydrogen-bond acceptors (Lipinski definition) is 7. The van der Waals surface area contributed by atoms with E-state index in [0.717, 1.165) is 34.5 Å². The quantitative estimate of drug-likeness (QED) is 0.536. The molecular weight excluding hydrogens is 448 g/mol. The lowest BCUT2D eigenvalue weighted by Gasteiger charge is -2.23. The van der Waals surface area contributed by atoms with Gasteiger partial charge in [0.15, 0.2) is 0 Å². The number of aromatic nitrogens is 2. The second kappa shape index (κ2) is 10.2. The number of rotatable bonds is 6. The second-order valence-corrected chi connectivity index (χ2v) is 8.63. The summed E-state index contributed by atoms with van der Waals surface area (Å²) in [5.41, 5.74) is 1.59. The first-order valence-electron chi connectivity index (χ1n) is 10.4. The third kappa shape index (κ3) is 4.97. The van der Waals surface area contributed by atoms with E-state index in [1.165, 1.54) is 11.5 Å². The Bertz CT molecular complexity index is 1050. The van der Waals surface area contributed by atoms with Gasteiger partial charge in [0.1, 0.15) is 22.9 Å². The smallest absolute Gasteiger partial charge is 0.261 e. The predicted molar refractivity (Wildman–Crippen MR) is 126 cm³/mol. The number of anilines is 1. The Morgan fingerprint density at radius 2 is 1.75 bits per heavy atom. The predicted octanol–water partition coefficient (Wildman–Crippen LogP) is 4.15. The fourth-order valence-corrected chi connectivity index (χ4v) is 4.62. The topological polar surface area (TPSA) is 67.8 Å². The molecule has 32 heavy (non-hydrogen) atoms. The van der Waals surface area contributed by atoms with Crippen LogP contribution in [0.15, 0.2) is 42.5 Å². The van der Waals surface area contributed by atoms with Gasteiger partial charge in [0.2, 0.25) is 5.13 Å². The molecule has 3 aromatic rings. The Balaban J connectivity index is 1.43. The van der Waals surface area contributed by atoms with Crippen LogP contribution in [0.5, 0.6) is 11.5 Å². The first-order chi connectivity index (χ1) is 15.6. The van der Waals surface area contributed by atoms with Crippen LogP contribution < -0.4 is 14.4 Å². The summed E-state index contributed by atoms with van der Waals surface area (Å²) < 4.78 is 15.4. The molecule has 1 aliphatic rings. The Labute approximate surface area is 196 Å². The Morgan fingerprint density at radius 1 is 1.03 bits per heavy atom. The molecule has 0 bridgehead atoms. The van der Waals surface area contributed by atoms with Gasteiger partial charge in [-0.15, -0.1) is 0 Å². The number of hydrogen-bond donors (Lipinski definition) is 0. The van der Waals surface area contributed by atoms with Crippen molar-refractivity contribution in [1.29, 1.82) is 0 Å². The molecule has 2 aromatic carbocycles. The molecule has 1 aromatic heterocycles. The standard InChI is InChI=1S/C23H25ClN4O3S/c1-30-18-5-3-6-19(31-2)21(18)22(29)27-11-4-12-28(14-13-27)23-25-20(26-32-23)15-16-7-9-17(24)10-8-16/h3,5-10H,4,11-15H2,1-2H3. The minimum absolute atomic E-state index is 0.0816. The monoisotopic (exact) mass is 472 g/mol. The first-order valence-corrected chi connectivity index (χ1v) is 11.6. The van der Waals surface area contributed by atoms with E-state index in [0.29, 0.717) is 43.1 Å². The van der Waals surface area contributed by atoms with E-state index in [9.17, 15) is 4.79 Å². The second-order valence-electron chi connectivity index (χ2n) is 7.47. The van der Waals surface area contributed by atoms with Crippen LogP contribution in [-0.4, -0.2) is 60.6 Å². The van der Waals surface area contributed by atoms with E-state index in [1.54, 1.807) is 26.4 Å². The minimum Gasteiger partial charge on any atom is -0.496 e. The summed E-state index contributed by atoms with van der Waals surface area (Å²) in [6, 6.07) is 13.1. The van der Waals surface area contributed by atoms with E-state index < -0.39 is 0 Å². The van der Waals surface area contributed by atoms with E-state index >= 15 is 0 Å². The van der Waals surface area contributed by atoms with Crippen LogP contribution in [0.2, 0.25) is 5.02 Å². The number of nitrogens with zero attached hydrogens (tertiary/aromatic N) is 4. The number of halogens is 1. The molecule has 1 amide bonds. The van der Waals surface area contributed by atoms with Crippen molar-refractivity contribution in [2.24, 2.45) is 0 Å². The molecule has 0 aliphatic carbocycles. The SMILES string of the molecule is COc1cccc(OC)c1C(=O)N1CCCN(c2nc(Cc3ccc(Cl)cc3)ns2)CC1. The van der Waals surface area contributed by atoms with Crippen LogP contribution in [-0.2, 0) is 6.42 Å². The van der Waals surface area contributed by atoms with Crippen molar-refractivity contribution in [2.75, 3.05) is 45.3 Å². The summed E-state index contributed by atoms with van der Waals surface area (Å²) in [4.78, 5) is 22.1. The summed E-state index contributed by atoms with van der Waals surface area (Å²) in [6.07, 6.45) is 1.51. The van der Waals surface area contributed by atoms with Crippen LogP contribution in [0.4, 0.5) is 5.13 Å². The van der Waals surface area contributed by atoms with Crippen LogP contribution in [0, 0.1) is 0 Å². The van der Waals surface area contributed by atoms with Gasteiger partial charge in [0, 0.05) is 49.2 Å². The molecule has 0 atom stereocenters. The maximum absolute atomic E-state index is 13.3. The van der Waals surface area contributed by atoms with Crippen molar-refractivity contribution in [3.8, 4) is 11.5 Å². The molecule has 0 radical (unpaired) electrons. The van der Waals surface area contributed by atoms with E-state index in [2.05, 4.69) is 9.27 Å². The molecule has 2 heterocycles. The van der Waals surface area contributed by atoms with E-state index in [-0.39, 0.29) is 5.91 Å². The molecule has 1 fully saturated rings. The highest BCUT2D eigenvalue weighted by Gasteiger charge is 2.26. The summed E-state index contributed by atoms with van der Waals surface area (Å²) in [6.45, 7) is 2.76. The molecule has 0 saturated carbocycles. The van der Waals surface area contributed by atoms with Crippen LogP contribution in [0.25, 0.3) is 0 Å². The van der Waals surface area contributed by atoms with Gasteiger partial charge in [-0.2, -0.15) is 4.37 Å². The van der Waals surface area contributed by atoms with Gasteiger partial charge in [-0.1, -0.05) is 29.8 Å². The normalized spacial score (nSPS) is 14.2. The highest BCUT2D eigenvalue weighted by atomic mass is 35.5. The molecule has 7 nitrogen and oxygen atoms in total. The molecule has 168 valence electrons. The van der Waals surface area contributed by atoms with Gasteiger partial charge in [0.25, 0.3) is 5.91 Å². The fourth-order valence-electron chi connectivity index (χ4n) is 3.76. The zero-order valence-electron chi connectivity index (χ0n) is 18.1. The highest BCUT2D eigenvalue weighted by molar-refractivity contribution is 7.09. The number of amides is 1. The van der Waals surface area contributed by atoms with Crippen molar-refractivity contribution in [3.63, 3.8) is 0 Å². The molecule has 0 N–H and O–H groups in total. The fraction of sp³-hybridized carbons (Fsp3) is 0.348. The van der Waals surface area contributed by atoms with Crippen molar-refractivity contribution in [1.82, 2.24) is 14.3 Å². The van der Waals surface area contributed by atoms with Gasteiger partial charge >= 0.3 is 0 Å². The average Bonchev–Trinajstić information content (AvgIpc) is 3.14. The van der Waals surface area contributed by atoms with Crippen molar-refractivity contribution >= 4 is 34.2 Å². The van der Waals surface area contributed by atoms with Gasteiger partial charge in [-0.3, -0.25) is 4.79 Å². The van der Waals surface area contributed by atoms with E-state index in [4.69, 9.17) is 26.1 Å².